The lowest BCUT2D eigenvalue weighted by Gasteiger charge is -2.31. The van der Waals surface area contributed by atoms with E-state index in [0.717, 1.165) is 47.6 Å². The van der Waals surface area contributed by atoms with Crippen LogP contribution in [0.5, 0.6) is 0 Å². The SMILES string of the molecule is CCCNC(CCc1cc2cc(Cl)ccc2o1)C(C)(C)C. The lowest BCUT2D eigenvalue weighted by molar-refractivity contribution is 0.252. The first kappa shape index (κ1) is 16.4. The van der Waals surface area contributed by atoms with Crippen molar-refractivity contribution in [1.82, 2.24) is 5.32 Å². The fourth-order valence-corrected chi connectivity index (χ4v) is 2.82. The van der Waals surface area contributed by atoms with E-state index in [2.05, 4.69) is 39.1 Å². The van der Waals surface area contributed by atoms with E-state index in [-0.39, 0.29) is 5.41 Å². The van der Waals surface area contributed by atoms with Crippen LogP contribution in [0, 0.1) is 5.41 Å². The molecule has 0 spiro atoms. The van der Waals surface area contributed by atoms with E-state index in [1.165, 1.54) is 0 Å². The van der Waals surface area contributed by atoms with Crippen molar-refractivity contribution in [2.45, 2.75) is 53.0 Å². The number of hydrogen-bond donors (Lipinski definition) is 1. The second-order valence-electron chi connectivity index (χ2n) is 6.81. The van der Waals surface area contributed by atoms with Crippen LogP contribution in [0.4, 0.5) is 0 Å². The maximum atomic E-state index is 6.02. The molecule has 116 valence electrons. The zero-order chi connectivity index (χ0) is 15.5. The molecule has 0 fully saturated rings. The Labute approximate surface area is 132 Å². The lowest BCUT2D eigenvalue weighted by Crippen LogP contribution is -2.41. The average Bonchev–Trinajstić information content (AvgIpc) is 2.79. The van der Waals surface area contributed by atoms with Crippen molar-refractivity contribution in [3.8, 4) is 0 Å². The Morgan fingerprint density at radius 2 is 2.00 bits per heavy atom. The van der Waals surface area contributed by atoms with Crippen LogP contribution in [-0.4, -0.2) is 12.6 Å². The molecule has 1 N–H and O–H groups in total. The summed E-state index contributed by atoms with van der Waals surface area (Å²) < 4.78 is 5.90. The summed E-state index contributed by atoms with van der Waals surface area (Å²) in [6.45, 7) is 10.1. The standard InChI is InChI=1S/C18H26ClNO/c1-5-10-20-17(18(2,3)4)9-7-15-12-13-11-14(19)6-8-16(13)21-15/h6,8,11-12,17,20H,5,7,9-10H2,1-4H3. The summed E-state index contributed by atoms with van der Waals surface area (Å²) >= 11 is 6.02. The molecular weight excluding hydrogens is 282 g/mol. The molecule has 2 rings (SSSR count). The number of furan rings is 1. The number of nitrogens with one attached hydrogen (secondary N) is 1. The van der Waals surface area contributed by atoms with Crippen molar-refractivity contribution >= 4 is 22.6 Å². The van der Waals surface area contributed by atoms with Gasteiger partial charge in [0.15, 0.2) is 0 Å². The van der Waals surface area contributed by atoms with Gasteiger partial charge in [0.05, 0.1) is 0 Å². The molecule has 1 aromatic heterocycles. The molecule has 2 aromatic rings. The minimum absolute atomic E-state index is 0.254. The third-order valence-electron chi connectivity index (χ3n) is 3.89. The summed E-state index contributed by atoms with van der Waals surface area (Å²) in [5, 5.41) is 5.51. The molecule has 0 aliphatic heterocycles. The number of benzene rings is 1. The number of fused-ring (bicyclic) bond motifs is 1. The maximum absolute atomic E-state index is 6.02. The topological polar surface area (TPSA) is 25.2 Å². The van der Waals surface area contributed by atoms with Crippen molar-refractivity contribution in [3.05, 3.63) is 35.0 Å². The largest absolute Gasteiger partial charge is 0.461 e. The first-order valence-electron chi connectivity index (χ1n) is 7.81. The Morgan fingerprint density at radius 1 is 1.24 bits per heavy atom. The van der Waals surface area contributed by atoms with Crippen molar-refractivity contribution in [3.63, 3.8) is 0 Å². The molecule has 0 aliphatic rings. The second kappa shape index (κ2) is 6.85. The van der Waals surface area contributed by atoms with E-state index in [0.29, 0.717) is 6.04 Å². The normalized spacial score (nSPS) is 13.8. The average molecular weight is 308 g/mol. The van der Waals surface area contributed by atoms with Gasteiger partial charge in [-0.05, 0) is 49.1 Å². The van der Waals surface area contributed by atoms with Crippen LogP contribution in [-0.2, 0) is 6.42 Å². The van der Waals surface area contributed by atoms with Crippen molar-refractivity contribution in [2.24, 2.45) is 5.41 Å². The number of rotatable bonds is 6. The first-order chi connectivity index (χ1) is 9.90. The molecular formula is C18H26ClNO. The second-order valence-corrected chi connectivity index (χ2v) is 7.24. The Morgan fingerprint density at radius 3 is 2.67 bits per heavy atom. The Balaban J connectivity index is 2.04. The Bertz CT molecular complexity index is 582. The molecule has 2 nitrogen and oxygen atoms in total. The summed E-state index contributed by atoms with van der Waals surface area (Å²) in [4.78, 5) is 0. The molecule has 0 aliphatic carbocycles. The molecule has 1 aromatic carbocycles. The summed E-state index contributed by atoms with van der Waals surface area (Å²) in [5.41, 5.74) is 1.17. The van der Waals surface area contributed by atoms with Gasteiger partial charge in [-0.25, -0.2) is 0 Å². The molecule has 1 unspecified atom stereocenters. The molecule has 0 amide bonds. The lowest BCUT2D eigenvalue weighted by atomic mass is 9.83. The summed E-state index contributed by atoms with van der Waals surface area (Å²) in [7, 11) is 0. The van der Waals surface area contributed by atoms with Gasteiger partial charge in [-0.2, -0.15) is 0 Å². The summed E-state index contributed by atoms with van der Waals surface area (Å²) in [6.07, 6.45) is 3.19. The van der Waals surface area contributed by atoms with E-state index < -0.39 is 0 Å². The van der Waals surface area contributed by atoms with Crippen molar-refractivity contribution < 1.29 is 4.42 Å². The van der Waals surface area contributed by atoms with Crippen LogP contribution < -0.4 is 5.32 Å². The quantitative estimate of drug-likeness (QED) is 0.769. The molecule has 3 heteroatoms. The van der Waals surface area contributed by atoms with Gasteiger partial charge in [0.1, 0.15) is 11.3 Å². The molecule has 0 radical (unpaired) electrons. The predicted molar refractivity (Wildman–Crippen MR) is 91.1 cm³/mol. The van der Waals surface area contributed by atoms with Gasteiger partial charge >= 0.3 is 0 Å². The fraction of sp³-hybridized carbons (Fsp3) is 0.556. The van der Waals surface area contributed by atoms with Gasteiger partial charge in [-0.3, -0.25) is 0 Å². The molecule has 1 atom stereocenters. The number of hydrogen-bond acceptors (Lipinski definition) is 2. The van der Waals surface area contributed by atoms with Crippen molar-refractivity contribution in [1.29, 1.82) is 0 Å². The molecule has 0 saturated heterocycles. The van der Waals surface area contributed by atoms with Crippen LogP contribution in [0.2, 0.25) is 5.02 Å². The van der Waals surface area contributed by atoms with Gasteiger partial charge in [-0.15, -0.1) is 0 Å². The van der Waals surface area contributed by atoms with E-state index in [1.54, 1.807) is 0 Å². The molecule has 1 heterocycles. The van der Waals surface area contributed by atoms with Crippen molar-refractivity contribution in [2.75, 3.05) is 6.54 Å². The molecule has 0 bridgehead atoms. The van der Waals surface area contributed by atoms with Gasteiger partial charge in [-0.1, -0.05) is 39.3 Å². The van der Waals surface area contributed by atoms with Crippen LogP contribution in [0.15, 0.2) is 28.7 Å². The zero-order valence-corrected chi connectivity index (χ0v) is 14.3. The van der Waals surface area contributed by atoms with E-state index in [9.17, 15) is 0 Å². The highest BCUT2D eigenvalue weighted by atomic mass is 35.5. The predicted octanol–water partition coefficient (Wildman–Crippen LogP) is 5.43. The maximum Gasteiger partial charge on any atom is 0.134 e. The number of aryl methyl sites for hydroxylation is 1. The number of halogens is 1. The Hall–Kier alpha value is -0.990. The van der Waals surface area contributed by atoms with E-state index in [4.69, 9.17) is 16.0 Å². The van der Waals surface area contributed by atoms with Crippen LogP contribution in [0.1, 0.15) is 46.3 Å². The molecule has 21 heavy (non-hydrogen) atoms. The minimum Gasteiger partial charge on any atom is -0.461 e. The Kier molecular flexibility index (Phi) is 5.34. The van der Waals surface area contributed by atoms with Gasteiger partial charge < -0.3 is 9.73 Å². The summed E-state index contributed by atoms with van der Waals surface area (Å²) in [5.74, 6) is 1.04. The zero-order valence-electron chi connectivity index (χ0n) is 13.5. The van der Waals surface area contributed by atoms with Gasteiger partial charge in [0, 0.05) is 22.9 Å². The third kappa shape index (κ3) is 4.49. The highest BCUT2D eigenvalue weighted by Crippen LogP contribution is 2.27. The highest BCUT2D eigenvalue weighted by Gasteiger charge is 2.23. The van der Waals surface area contributed by atoms with Crippen LogP contribution in [0.25, 0.3) is 11.0 Å². The highest BCUT2D eigenvalue weighted by molar-refractivity contribution is 6.31. The summed E-state index contributed by atoms with van der Waals surface area (Å²) in [6, 6.07) is 8.38. The van der Waals surface area contributed by atoms with Crippen LogP contribution >= 0.6 is 11.6 Å². The molecule has 0 saturated carbocycles. The monoisotopic (exact) mass is 307 g/mol. The first-order valence-corrected chi connectivity index (χ1v) is 8.19. The smallest absolute Gasteiger partial charge is 0.134 e. The van der Waals surface area contributed by atoms with Gasteiger partial charge in [0.2, 0.25) is 0 Å². The minimum atomic E-state index is 0.254. The van der Waals surface area contributed by atoms with Gasteiger partial charge in [0.25, 0.3) is 0 Å². The third-order valence-corrected chi connectivity index (χ3v) is 4.13. The van der Waals surface area contributed by atoms with E-state index in [1.807, 2.05) is 18.2 Å². The fourth-order valence-electron chi connectivity index (χ4n) is 2.64. The van der Waals surface area contributed by atoms with Crippen LogP contribution in [0.3, 0.4) is 0 Å². The van der Waals surface area contributed by atoms with E-state index >= 15 is 0 Å².